The summed E-state index contributed by atoms with van der Waals surface area (Å²) in [6.07, 6.45) is 0. The molecule has 2 rings (SSSR count). The monoisotopic (exact) mass is 318 g/mol. The molecule has 1 fully saturated rings. The van der Waals surface area contributed by atoms with Crippen LogP contribution in [0.25, 0.3) is 0 Å². The number of hydrogen-bond acceptors (Lipinski definition) is 4. The van der Waals surface area contributed by atoms with Gasteiger partial charge in [0.15, 0.2) is 0 Å². The van der Waals surface area contributed by atoms with E-state index < -0.39 is 23.7 Å². The average molecular weight is 318 g/mol. The lowest BCUT2D eigenvalue weighted by Gasteiger charge is -2.32. The van der Waals surface area contributed by atoms with Gasteiger partial charge in [-0.25, -0.2) is 4.39 Å². The minimum absolute atomic E-state index is 0.369. The first kappa shape index (κ1) is 17.8. The molecule has 4 nitrogen and oxygen atoms in total. The molecule has 23 heavy (non-hydrogen) atoms. The normalized spacial score (nSPS) is 19.5. The van der Waals surface area contributed by atoms with Crippen LogP contribution >= 0.6 is 0 Å². The fraction of sp³-hybridized carbons (Fsp3) is 0.588. The summed E-state index contributed by atoms with van der Waals surface area (Å²) < 4.78 is 26.2. The molecule has 1 saturated heterocycles. The van der Waals surface area contributed by atoms with Crippen LogP contribution in [0.5, 0.6) is 0 Å². The van der Waals surface area contributed by atoms with Gasteiger partial charge < -0.3 is 14.6 Å². The zero-order valence-corrected chi connectivity index (χ0v) is 14.7. The molecule has 1 N–H and O–H groups in total. The quantitative estimate of drug-likeness (QED) is 0.867. The highest BCUT2D eigenvalue weighted by Gasteiger charge is 2.51. The van der Waals surface area contributed by atoms with Crippen molar-refractivity contribution < 1.29 is 13.7 Å². The fourth-order valence-electron chi connectivity index (χ4n) is 2.16. The van der Waals surface area contributed by atoms with Gasteiger partial charge in [0.2, 0.25) is 0 Å². The molecule has 1 aliphatic rings. The number of nitrogens with one attached hydrogen (secondary N) is 1. The molecule has 6 heteroatoms. The molecule has 0 unspecified atom stereocenters. The van der Waals surface area contributed by atoms with Crippen LogP contribution in [0.4, 0.5) is 10.1 Å². The van der Waals surface area contributed by atoms with Crippen LogP contribution in [-0.2, 0) is 9.31 Å². The van der Waals surface area contributed by atoms with Crippen molar-refractivity contribution in [2.75, 3.05) is 11.9 Å². The minimum Gasteiger partial charge on any atom is -0.399 e. The second-order valence-corrected chi connectivity index (χ2v) is 7.68. The van der Waals surface area contributed by atoms with Crippen LogP contribution < -0.4 is 10.8 Å². The van der Waals surface area contributed by atoms with E-state index in [1.54, 1.807) is 26.0 Å². The zero-order valence-electron chi connectivity index (χ0n) is 14.7. The smallest absolute Gasteiger partial charge is 0.399 e. The van der Waals surface area contributed by atoms with E-state index in [0.717, 1.165) is 0 Å². The number of rotatable bonds is 4. The first-order valence-corrected chi connectivity index (χ1v) is 7.78. The Bertz CT molecular complexity index is 622. The number of halogens is 1. The molecule has 1 heterocycles. The number of benzene rings is 1. The third-order valence-electron chi connectivity index (χ3n) is 4.54. The van der Waals surface area contributed by atoms with Crippen LogP contribution in [0, 0.1) is 22.6 Å². The molecule has 0 saturated carbocycles. The van der Waals surface area contributed by atoms with Gasteiger partial charge in [-0.3, -0.25) is 0 Å². The third-order valence-corrected chi connectivity index (χ3v) is 4.54. The van der Waals surface area contributed by atoms with Crippen LogP contribution in [0.15, 0.2) is 18.2 Å². The van der Waals surface area contributed by atoms with Crippen molar-refractivity contribution >= 4 is 18.3 Å². The first-order valence-electron chi connectivity index (χ1n) is 7.78. The van der Waals surface area contributed by atoms with Crippen LogP contribution in [0.2, 0.25) is 0 Å². The lowest BCUT2D eigenvalue weighted by atomic mass is 9.79. The SMILES string of the molecule is CC(C)(C#N)CNc1ccc(B2OC(C)(C)C(C)(C)O2)cc1F. The maximum atomic E-state index is 14.3. The summed E-state index contributed by atoms with van der Waals surface area (Å²) in [5, 5.41) is 12.0. The van der Waals surface area contributed by atoms with Crippen LogP contribution in [0.3, 0.4) is 0 Å². The maximum Gasteiger partial charge on any atom is 0.494 e. The highest BCUT2D eigenvalue weighted by atomic mass is 19.1. The van der Waals surface area contributed by atoms with E-state index in [-0.39, 0.29) is 5.82 Å². The van der Waals surface area contributed by atoms with Gasteiger partial charge in [-0.05, 0) is 59.1 Å². The second-order valence-electron chi connectivity index (χ2n) is 7.68. The molecule has 1 aromatic rings. The van der Waals surface area contributed by atoms with E-state index in [9.17, 15) is 4.39 Å². The topological polar surface area (TPSA) is 54.3 Å². The van der Waals surface area contributed by atoms with E-state index in [1.165, 1.54) is 6.07 Å². The number of nitrogens with zero attached hydrogens (tertiary/aromatic N) is 1. The largest absolute Gasteiger partial charge is 0.494 e. The predicted molar refractivity (Wildman–Crippen MR) is 90.0 cm³/mol. The van der Waals surface area contributed by atoms with E-state index in [4.69, 9.17) is 14.6 Å². The second kappa shape index (κ2) is 5.81. The summed E-state index contributed by atoms with van der Waals surface area (Å²) in [6.45, 7) is 11.8. The van der Waals surface area contributed by atoms with Crippen molar-refractivity contribution in [2.24, 2.45) is 5.41 Å². The molecular formula is C17H24BFN2O2. The van der Waals surface area contributed by atoms with Gasteiger partial charge >= 0.3 is 7.12 Å². The standard InChI is InChI=1S/C17H24BFN2O2/c1-15(2,10-20)11-21-14-8-7-12(9-13(14)19)18-22-16(3,4)17(5,6)23-18/h7-9,21H,11H2,1-6H3. The Morgan fingerprint density at radius 3 is 2.26 bits per heavy atom. The Labute approximate surface area is 138 Å². The Kier molecular flexibility index (Phi) is 4.49. The van der Waals surface area contributed by atoms with Gasteiger partial charge in [-0.2, -0.15) is 5.26 Å². The van der Waals surface area contributed by atoms with Gasteiger partial charge in [-0.1, -0.05) is 6.07 Å². The first-order chi connectivity index (χ1) is 10.5. The van der Waals surface area contributed by atoms with Crippen molar-refractivity contribution in [3.63, 3.8) is 0 Å². The molecular weight excluding hydrogens is 294 g/mol. The molecule has 0 aliphatic carbocycles. The summed E-state index contributed by atoms with van der Waals surface area (Å²) in [7, 11) is -0.584. The molecule has 1 aromatic carbocycles. The highest BCUT2D eigenvalue weighted by molar-refractivity contribution is 6.62. The fourth-order valence-corrected chi connectivity index (χ4v) is 2.16. The predicted octanol–water partition coefficient (Wildman–Crippen LogP) is 3.09. The molecule has 124 valence electrons. The molecule has 0 aromatic heterocycles. The molecule has 0 amide bonds. The van der Waals surface area contributed by atoms with Crippen molar-refractivity contribution in [3.05, 3.63) is 24.0 Å². The Morgan fingerprint density at radius 1 is 1.22 bits per heavy atom. The lowest BCUT2D eigenvalue weighted by molar-refractivity contribution is 0.00578. The average Bonchev–Trinajstić information content (AvgIpc) is 2.66. The number of nitriles is 1. The van der Waals surface area contributed by atoms with Gasteiger partial charge in [0.25, 0.3) is 0 Å². The van der Waals surface area contributed by atoms with E-state index >= 15 is 0 Å². The molecule has 0 radical (unpaired) electrons. The van der Waals surface area contributed by atoms with Gasteiger partial charge in [0.05, 0.1) is 28.4 Å². The van der Waals surface area contributed by atoms with Crippen LogP contribution in [-0.4, -0.2) is 24.9 Å². The summed E-state index contributed by atoms with van der Waals surface area (Å²) >= 11 is 0. The Hall–Kier alpha value is -1.58. The number of anilines is 1. The van der Waals surface area contributed by atoms with Crippen molar-refractivity contribution in [1.29, 1.82) is 5.26 Å². The van der Waals surface area contributed by atoms with Crippen LogP contribution in [0.1, 0.15) is 41.5 Å². The van der Waals surface area contributed by atoms with Gasteiger partial charge in [0, 0.05) is 6.54 Å². The molecule has 0 atom stereocenters. The lowest BCUT2D eigenvalue weighted by Crippen LogP contribution is -2.41. The van der Waals surface area contributed by atoms with E-state index in [2.05, 4.69) is 11.4 Å². The van der Waals surface area contributed by atoms with Crippen molar-refractivity contribution in [3.8, 4) is 6.07 Å². The van der Waals surface area contributed by atoms with E-state index in [0.29, 0.717) is 17.7 Å². The van der Waals surface area contributed by atoms with Crippen molar-refractivity contribution in [2.45, 2.75) is 52.7 Å². The highest BCUT2D eigenvalue weighted by Crippen LogP contribution is 2.36. The molecule has 0 bridgehead atoms. The summed E-state index contributed by atoms with van der Waals surface area (Å²) in [4.78, 5) is 0. The van der Waals surface area contributed by atoms with Crippen molar-refractivity contribution in [1.82, 2.24) is 0 Å². The minimum atomic E-state index is -0.584. The summed E-state index contributed by atoms with van der Waals surface area (Å²) in [6, 6.07) is 7.04. The molecule has 1 aliphatic heterocycles. The maximum absolute atomic E-state index is 14.3. The molecule has 0 spiro atoms. The number of hydrogen-bond donors (Lipinski definition) is 1. The van der Waals surface area contributed by atoms with Gasteiger partial charge in [0.1, 0.15) is 5.82 Å². The van der Waals surface area contributed by atoms with E-state index in [1.807, 2.05) is 27.7 Å². The summed E-state index contributed by atoms with van der Waals surface area (Å²) in [5.41, 5.74) is -0.458. The zero-order chi connectivity index (χ0) is 17.5. The van der Waals surface area contributed by atoms with Gasteiger partial charge in [-0.15, -0.1) is 0 Å². The third kappa shape index (κ3) is 3.68. The Morgan fingerprint density at radius 2 is 1.78 bits per heavy atom. The Balaban J connectivity index is 2.13. The summed E-state index contributed by atoms with van der Waals surface area (Å²) in [5.74, 6) is -0.383.